The van der Waals surface area contributed by atoms with Crippen LogP contribution in [-0.4, -0.2) is 49.9 Å². The standard InChI is InChI=1S/C23H25N3O5S/c1-3-19-15(2)20-9-6-17(14-21(20)25-23(19)28)24-22(27)16-4-7-18(8-5-16)32(29,30)26-10-12-31-13-11-26/h4-9,14H,3,10-13H2,1-2H3,(H,24,27)(H,25,28). The van der Waals surface area contributed by atoms with Crippen molar-refractivity contribution in [2.24, 2.45) is 0 Å². The maximum atomic E-state index is 12.7. The Morgan fingerprint density at radius 2 is 1.81 bits per heavy atom. The Balaban J connectivity index is 1.54. The molecule has 9 heteroatoms. The number of nitrogens with zero attached hydrogens (tertiary/aromatic N) is 1. The van der Waals surface area contributed by atoms with Crippen LogP contribution in [0.5, 0.6) is 0 Å². The fourth-order valence-electron chi connectivity index (χ4n) is 3.93. The third-order valence-electron chi connectivity index (χ3n) is 5.73. The van der Waals surface area contributed by atoms with Crippen LogP contribution in [0.4, 0.5) is 5.69 Å². The molecule has 0 radical (unpaired) electrons. The van der Waals surface area contributed by atoms with Crippen LogP contribution >= 0.6 is 0 Å². The summed E-state index contributed by atoms with van der Waals surface area (Å²) in [6.07, 6.45) is 0.646. The summed E-state index contributed by atoms with van der Waals surface area (Å²) >= 11 is 0. The maximum absolute atomic E-state index is 12.7. The molecule has 1 fully saturated rings. The van der Waals surface area contributed by atoms with E-state index in [4.69, 9.17) is 4.74 Å². The van der Waals surface area contributed by atoms with Crippen LogP contribution in [0.3, 0.4) is 0 Å². The predicted octanol–water partition coefficient (Wildman–Crippen LogP) is 2.67. The number of rotatable bonds is 5. The average Bonchev–Trinajstić information content (AvgIpc) is 2.80. The molecule has 0 saturated carbocycles. The zero-order valence-corrected chi connectivity index (χ0v) is 18.8. The van der Waals surface area contributed by atoms with Crippen molar-refractivity contribution in [1.82, 2.24) is 9.29 Å². The molecule has 3 aromatic rings. The van der Waals surface area contributed by atoms with Gasteiger partial charge in [-0.2, -0.15) is 4.31 Å². The second-order valence-electron chi connectivity index (χ2n) is 7.67. The molecule has 1 aliphatic heterocycles. The van der Waals surface area contributed by atoms with E-state index in [1.165, 1.54) is 28.6 Å². The number of anilines is 1. The van der Waals surface area contributed by atoms with Gasteiger partial charge in [0.25, 0.3) is 11.5 Å². The van der Waals surface area contributed by atoms with Gasteiger partial charge in [-0.15, -0.1) is 0 Å². The van der Waals surface area contributed by atoms with Crippen molar-refractivity contribution in [2.75, 3.05) is 31.6 Å². The highest BCUT2D eigenvalue weighted by Gasteiger charge is 2.26. The molecule has 2 heterocycles. The van der Waals surface area contributed by atoms with E-state index in [0.29, 0.717) is 49.5 Å². The molecule has 1 aromatic heterocycles. The van der Waals surface area contributed by atoms with E-state index in [0.717, 1.165) is 16.5 Å². The van der Waals surface area contributed by atoms with Crippen LogP contribution in [-0.2, 0) is 21.2 Å². The van der Waals surface area contributed by atoms with Gasteiger partial charge >= 0.3 is 0 Å². The van der Waals surface area contributed by atoms with Crippen LogP contribution in [0.2, 0.25) is 0 Å². The molecule has 2 aromatic carbocycles. The number of nitrogens with one attached hydrogen (secondary N) is 2. The van der Waals surface area contributed by atoms with Gasteiger partial charge in [0.05, 0.1) is 23.6 Å². The minimum Gasteiger partial charge on any atom is -0.379 e. The summed E-state index contributed by atoms with van der Waals surface area (Å²) in [5.74, 6) is -0.371. The number of hydrogen-bond acceptors (Lipinski definition) is 5. The Labute approximate surface area is 186 Å². The third kappa shape index (κ3) is 4.19. The fraction of sp³-hybridized carbons (Fsp3) is 0.304. The number of aromatic nitrogens is 1. The lowest BCUT2D eigenvalue weighted by molar-refractivity contribution is 0.0730. The summed E-state index contributed by atoms with van der Waals surface area (Å²) in [6.45, 7) is 5.23. The number of hydrogen-bond donors (Lipinski definition) is 2. The molecule has 1 aliphatic rings. The summed E-state index contributed by atoms with van der Waals surface area (Å²) in [6, 6.07) is 11.2. The number of benzene rings is 2. The summed E-state index contributed by atoms with van der Waals surface area (Å²) in [5, 5.41) is 3.73. The van der Waals surface area contributed by atoms with Crippen molar-refractivity contribution in [3.8, 4) is 0 Å². The molecule has 4 rings (SSSR count). The number of aromatic amines is 1. The molecule has 0 aliphatic carbocycles. The highest BCUT2D eigenvalue weighted by atomic mass is 32.2. The lowest BCUT2D eigenvalue weighted by Gasteiger charge is -2.26. The Kier molecular flexibility index (Phi) is 6.14. The number of sulfonamides is 1. The first-order chi connectivity index (χ1) is 15.3. The smallest absolute Gasteiger partial charge is 0.255 e. The Morgan fingerprint density at radius 1 is 1.12 bits per heavy atom. The van der Waals surface area contributed by atoms with Crippen molar-refractivity contribution in [1.29, 1.82) is 0 Å². The number of carbonyl (C=O) groups excluding carboxylic acids is 1. The Morgan fingerprint density at radius 3 is 2.47 bits per heavy atom. The van der Waals surface area contributed by atoms with Crippen LogP contribution in [0.25, 0.3) is 10.9 Å². The molecular formula is C23H25N3O5S. The molecule has 168 valence electrons. The molecular weight excluding hydrogens is 430 g/mol. The highest BCUT2D eigenvalue weighted by Crippen LogP contribution is 2.23. The first kappa shape index (κ1) is 22.2. The van der Waals surface area contributed by atoms with Gasteiger partial charge in [0.15, 0.2) is 0 Å². The molecule has 0 unspecified atom stereocenters. The van der Waals surface area contributed by atoms with Gasteiger partial charge in [-0.1, -0.05) is 13.0 Å². The zero-order chi connectivity index (χ0) is 22.9. The van der Waals surface area contributed by atoms with Gasteiger partial charge in [0, 0.05) is 35.3 Å². The van der Waals surface area contributed by atoms with Gasteiger partial charge in [-0.3, -0.25) is 9.59 Å². The van der Waals surface area contributed by atoms with E-state index >= 15 is 0 Å². The number of ether oxygens (including phenoxy) is 1. The maximum Gasteiger partial charge on any atom is 0.255 e. The molecule has 0 spiro atoms. The average molecular weight is 456 g/mol. The largest absolute Gasteiger partial charge is 0.379 e. The molecule has 0 atom stereocenters. The summed E-state index contributed by atoms with van der Waals surface area (Å²) in [7, 11) is -3.61. The van der Waals surface area contributed by atoms with Gasteiger partial charge in [0.1, 0.15) is 0 Å². The number of aryl methyl sites for hydroxylation is 1. The van der Waals surface area contributed by atoms with Crippen molar-refractivity contribution < 1.29 is 17.9 Å². The number of H-pyrrole nitrogens is 1. The van der Waals surface area contributed by atoms with E-state index in [-0.39, 0.29) is 16.4 Å². The van der Waals surface area contributed by atoms with E-state index in [2.05, 4.69) is 10.3 Å². The highest BCUT2D eigenvalue weighted by molar-refractivity contribution is 7.89. The van der Waals surface area contributed by atoms with Crippen molar-refractivity contribution in [3.05, 3.63) is 69.5 Å². The first-order valence-electron chi connectivity index (χ1n) is 10.5. The van der Waals surface area contributed by atoms with Gasteiger partial charge in [-0.25, -0.2) is 8.42 Å². The summed E-state index contributed by atoms with van der Waals surface area (Å²) in [5.41, 5.74) is 3.07. The number of fused-ring (bicyclic) bond motifs is 1. The van der Waals surface area contributed by atoms with Crippen molar-refractivity contribution in [2.45, 2.75) is 25.2 Å². The van der Waals surface area contributed by atoms with Crippen LogP contribution < -0.4 is 10.9 Å². The lowest BCUT2D eigenvalue weighted by Crippen LogP contribution is -2.40. The minimum absolute atomic E-state index is 0.127. The van der Waals surface area contributed by atoms with Crippen LogP contribution in [0.15, 0.2) is 52.2 Å². The normalized spacial score (nSPS) is 15.1. The SMILES string of the molecule is CCc1c(C)c2ccc(NC(=O)c3ccc(S(=O)(=O)N4CCOCC4)cc3)cc2[nH]c1=O. The summed E-state index contributed by atoms with van der Waals surface area (Å²) in [4.78, 5) is 28.0. The molecule has 2 N–H and O–H groups in total. The van der Waals surface area contributed by atoms with Gasteiger partial charge in [-0.05, 0) is 55.3 Å². The molecule has 1 saturated heterocycles. The molecule has 1 amide bonds. The van der Waals surface area contributed by atoms with E-state index in [1.54, 1.807) is 12.1 Å². The van der Waals surface area contributed by atoms with Crippen molar-refractivity contribution in [3.63, 3.8) is 0 Å². The quantitative estimate of drug-likeness (QED) is 0.615. The third-order valence-corrected chi connectivity index (χ3v) is 7.65. The second-order valence-corrected chi connectivity index (χ2v) is 9.60. The van der Waals surface area contributed by atoms with E-state index in [9.17, 15) is 18.0 Å². The predicted molar refractivity (Wildman–Crippen MR) is 123 cm³/mol. The topological polar surface area (TPSA) is 109 Å². The number of pyridine rings is 1. The zero-order valence-electron chi connectivity index (χ0n) is 18.0. The van der Waals surface area contributed by atoms with Crippen LogP contribution in [0.1, 0.15) is 28.4 Å². The second kappa shape index (κ2) is 8.85. The monoisotopic (exact) mass is 455 g/mol. The van der Waals surface area contributed by atoms with E-state index in [1.807, 2.05) is 19.9 Å². The van der Waals surface area contributed by atoms with Crippen molar-refractivity contribution >= 4 is 32.5 Å². The summed E-state index contributed by atoms with van der Waals surface area (Å²) < 4.78 is 32.0. The van der Waals surface area contributed by atoms with Crippen LogP contribution in [0, 0.1) is 6.92 Å². The lowest BCUT2D eigenvalue weighted by atomic mass is 10.0. The molecule has 8 nitrogen and oxygen atoms in total. The number of carbonyl (C=O) groups is 1. The first-order valence-corrected chi connectivity index (χ1v) is 11.9. The minimum atomic E-state index is -3.61. The Bertz CT molecular complexity index is 1320. The molecule has 0 bridgehead atoms. The van der Waals surface area contributed by atoms with Gasteiger partial charge < -0.3 is 15.0 Å². The number of amides is 1. The van der Waals surface area contributed by atoms with E-state index < -0.39 is 10.0 Å². The fourth-order valence-corrected chi connectivity index (χ4v) is 5.33. The molecule has 32 heavy (non-hydrogen) atoms. The Hall–Kier alpha value is -3.01. The van der Waals surface area contributed by atoms with Gasteiger partial charge in [0.2, 0.25) is 10.0 Å². The number of morpholine rings is 1.